The van der Waals surface area contributed by atoms with Crippen LogP contribution >= 0.6 is 0 Å². The largest absolute Gasteiger partial charge is 0.328 e. The third-order valence-electron chi connectivity index (χ3n) is 3.36. The summed E-state index contributed by atoms with van der Waals surface area (Å²) in [6, 6.07) is 2.01. The zero-order valence-electron chi connectivity index (χ0n) is 10.3. The minimum absolute atomic E-state index is 0.0248. The van der Waals surface area contributed by atoms with E-state index >= 15 is 0 Å². The third-order valence-corrected chi connectivity index (χ3v) is 3.36. The first-order valence-electron chi connectivity index (χ1n) is 6.09. The maximum Gasteiger partial charge on any atom is 0.328 e. The highest BCUT2D eigenvalue weighted by Crippen LogP contribution is 2.12. The van der Waals surface area contributed by atoms with Gasteiger partial charge in [0.1, 0.15) is 11.6 Å². The SMILES string of the molecule is C[C@H](Cn1cc(C#N)c(=O)[nH]c1=O)N1CCCC1. The van der Waals surface area contributed by atoms with E-state index in [1.54, 1.807) is 6.07 Å². The Balaban J connectivity index is 2.21. The van der Waals surface area contributed by atoms with Crippen molar-refractivity contribution in [2.75, 3.05) is 13.1 Å². The van der Waals surface area contributed by atoms with E-state index in [9.17, 15) is 9.59 Å². The molecule has 6 heteroatoms. The first kappa shape index (κ1) is 12.6. The van der Waals surface area contributed by atoms with Gasteiger partial charge in [-0.15, -0.1) is 0 Å². The van der Waals surface area contributed by atoms with E-state index in [-0.39, 0.29) is 11.6 Å². The minimum Gasteiger partial charge on any atom is -0.299 e. The molecule has 96 valence electrons. The van der Waals surface area contributed by atoms with Crippen molar-refractivity contribution in [3.63, 3.8) is 0 Å². The Morgan fingerprint density at radius 1 is 1.44 bits per heavy atom. The van der Waals surface area contributed by atoms with Crippen LogP contribution in [0.3, 0.4) is 0 Å². The summed E-state index contributed by atoms with van der Waals surface area (Å²) in [6.45, 7) is 4.63. The molecule has 0 bridgehead atoms. The number of nitriles is 1. The number of nitrogens with zero attached hydrogens (tertiary/aromatic N) is 3. The van der Waals surface area contributed by atoms with Gasteiger partial charge >= 0.3 is 5.69 Å². The van der Waals surface area contributed by atoms with Crippen LogP contribution in [0.4, 0.5) is 0 Å². The molecule has 2 heterocycles. The number of likely N-dealkylation sites (tertiary alicyclic amines) is 1. The van der Waals surface area contributed by atoms with Gasteiger partial charge in [-0.05, 0) is 32.9 Å². The number of hydrogen-bond donors (Lipinski definition) is 1. The summed E-state index contributed by atoms with van der Waals surface area (Å²) in [5.41, 5.74) is -1.10. The Hall–Kier alpha value is -1.87. The van der Waals surface area contributed by atoms with Gasteiger partial charge in [-0.25, -0.2) is 4.79 Å². The first-order valence-corrected chi connectivity index (χ1v) is 6.09. The standard InChI is InChI=1S/C12H16N4O2/c1-9(15-4-2-3-5-15)7-16-8-10(6-13)11(17)14-12(16)18/h8-9H,2-5,7H2,1H3,(H,14,17,18)/t9-/m1/s1. The van der Waals surface area contributed by atoms with E-state index in [2.05, 4.69) is 16.8 Å². The van der Waals surface area contributed by atoms with E-state index in [1.807, 2.05) is 0 Å². The zero-order valence-corrected chi connectivity index (χ0v) is 10.3. The van der Waals surface area contributed by atoms with Gasteiger partial charge < -0.3 is 0 Å². The first-order chi connectivity index (χ1) is 8.61. The quantitative estimate of drug-likeness (QED) is 0.809. The highest BCUT2D eigenvalue weighted by atomic mass is 16.2. The van der Waals surface area contributed by atoms with E-state index in [1.165, 1.54) is 23.6 Å². The number of nitrogens with one attached hydrogen (secondary N) is 1. The van der Waals surface area contributed by atoms with Crippen LogP contribution in [-0.2, 0) is 6.54 Å². The molecule has 0 spiro atoms. The molecule has 1 aliphatic heterocycles. The summed E-state index contributed by atoms with van der Waals surface area (Å²) in [5, 5.41) is 8.78. The molecule has 1 N–H and O–H groups in total. The Morgan fingerprint density at radius 2 is 2.11 bits per heavy atom. The lowest BCUT2D eigenvalue weighted by Gasteiger charge is -2.24. The minimum atomic E-state index is -0.618. The molecule has 1 aliphatic rings. The van der Waals surface area contributed by atoms with Crippen molar-refractivity contribution in [1.82, 2.24) is 14.5 Å². The van der Waals surface area contributed by atoms with Gasteiger partial charge in [-0.2, -0.15) is 5.26 Å². The van der Waals surface area contributed by atoms with Crippen molar-refractivity contribution in [2.24, 2.45) is 0 Å². The maximum atomic E-state index is 11.6. The van der Waals surface area contributed by atoms with E-state index < -0.39 is 11.2 Å². The molecular formula is C12H16N4O2. The lowest BCUT2D eigenvalue weighted by atomic mass is 10.3. The van der Waals surface area contributed by atoms with Crippen molar-refractivity contribution in [3.05, 3.63) is 32.6 Å². The van der Waals surface area contributed by atoms with Crippen molar-refractivity contribution in [3.8, 4) is 6.07 Å². The Morgan fingerprint density at radius 3 is 2.72 bits per heavy atom. The molecule has 1 fully saturated rings. The Bertz CT molecular complexity index is 575. The van der Waals surface area contributed by atoms with Crippen LogP contribution in [-0.4, -0.2) is 33.6 Å². The summed E-state index contributed by atoms with van der Waals surface area (Å²) in [4.78, 5) is 27.4. The number of aromatic amines is 1. The van der Waals surface area contributed by atoms with Crippen LogP contribution in [0, 0.1) is 11.3 Å². The normalized spacial score (nSPS) is 17.6. The average molecular weight is 248 g/mol. The second-order valence-electron chi connectivity index (χ2n) is 4.66. The molecule has 2 rings (SSSR count). The molecule has 0 aliphatic carbocycles. The average Bonchev–Trinajstić information content (AvgIpc) is 2.86. The molecule has 6 nitrogen and oxygen atoms in total. The molecule has 1 aromatic rings. The van der Waals surface area contributed by atoms with Crippen molar-refractivity contribution in [1.29, 1.82) is 5.26 Å². The second kappa shape index (κ2) is 5.19. The molecule has 1 atom stereocenters. The highest BCUT2D eigenvalue weighted by Gasteiger charge is 2.18. The fourth-order valence-corrected chi connectivity index (χ4v) is 2.31. The lowest BCUT2D eigenvalue weighted by molar-refractivity contribution is 0.233. The monoisotopic (exact) mass is 248 g/mol. The Labute approximate surface area is 104 Å². The number of rotatable bonds is 3. The highest BCUT2D eigenvalue weighted by molar-refractivity contribution is 5.21. The summed E-state index contributed by atoms with van der Waals surface area (Å²) < 4.78 is 1.41. The summed E-state index contributed by atoms with van der Waals surface area (Å²) in [7, 11) is 0. The number of aromatic nitrogens is 2. The molecule has 0 saturated carbocycles. The molecular weight excluding hydrogens is 232 g/mol. The fourth-order valence-electron chi connectivity index (χ4n) is 2.31. The number of hydrogen-bond acceptors (Lipinski definition) is 4. The van der Waals surface area contributed by atoms with Crippen LogP contribution in [0.5, 0.6) is 0 Å². The van der Waals surface area contributed by atoms with Crippen LogP contribution in [0.2, 0.25) is 0 Å². The van der Waals surface area contributed by atoms with Crippen LogP contribution in [0.1, 0.15) is 25.3 Å². The van der Waals surface area contributed by atoms with Crippen molar-refractivity contribution in [2.45, 2.75) is 32.4 Å². The number of H-pyrrole nitrogens is 1. The zero-order chi connectivity index (χ0) is 13.1. The van der Waals surface area contributed by atoms with Crippen molar-refractivity contribution < 1.29 is 0 Å². The van der Waals surface area contributed by atoms with Gasteiger partial charge in [0.25, 0.3) is 5.56 Å². The van der Waals surface area contributed by atoms with Gasteiger partial charge in [0.15, 0.2) is 0 Å². The van der Waals surface area contributed by atoms with Gasteiger partial charge in [0.2, 0.25) is 0 Å². The van der Waals surface area contributed by atoms with Gasteiger partial charge in [-0.3, -0.25) is 19.2 Å². The van der Waals surface area contributed by atoms with E-state index in [0.717, 1.165) is 13.1 Å². The van der Waals surface area contributed by atoms with Crippen molar-refractivity contribution >= 4 is 0 Å². The predicted octanol–water partition coefficient (Wildman–Crippen LogP) is -0.107. The molecule has 1 aromatic heterocycles. The fraction of sp³-hybridized carbons (Fsp3) is 0.583. The van der Waals surface area contributed by atoms with Gasteiger partial charge in [0, 0.05) is 18.8 Å². The predicted molar refractivity (Wildman–Crippen MR) is 66.3 cm³/mol. The summed E-state index contributed by atoms with van der Waals surface area (Å²) >= 11 is 0. The van der Waals surface area contributed by atoms with Gasteiger partial charge in [-0.1, -0.05) is 0 Å². The molecule has 18 heavy (non-hydrogen) atoms. The van der Waals surface area contributed by atoms with Crippen LogP contribution in [0.15, 0.2) is 15.8 Å². The molecule has 0 radical (unpaired) electrons. The van der Waals surface area contributed by atoms with E-state index in [0.29, 0.717) is 6.54 Å². The molecule has 1 saturated heterocycles. The maximum absolute atomic E-state index is 11.6. The smallest absolute Gasteiger partial charge is 0.299 e. The summed E-state index contributed by atoms with van der Waals surface area (Å²) in [5.74, 6) is 0. The molecule has 0 aromatic carbocycles. The van der Waals surface area contributed by atoms with Crippen LogP contribution in [0.25, 0.3) is 0 Å². The van der Waals surface area contributed by atoms with Crippen LogP contribution < -0.4 is 11.2 Å². The van der Waals surface area contributed by atoms with E-state index in [4.69, 9.17) is 5.26 Å². The lowest BCUT2D eigenvalue weighted by Crippen LogP contribution is -2.39. The summed E-state index contributed by atoms with van der Waals surface area (Å²) in [6.07, 6.45) is 3.72. The Kier molecular flexibility index (Phi) is 3.63. The second-order valence-corrected chi connectivity index (χ2v) is 4.66. The molecule has 0 unspecified atom stereocenters. The third kappa shape index (κ3) is 2.51. The topological polar surface area (TPSA) is 81.9 Å². The van der Waals surface area contributed by atoms with Gasteiger partial charge in [0.05, 0.1) is 0 Å². The molecule has 0 amide bonds.